The van der Waals surface area contributed by atoms with Crippen LogP contribution in [0, 0.1) is 6.92 Å². The van der Waals surface area contributed by atoms with Gasteiger partial charge in [0, 0.05) is 11.6 Å². The lowest BCUT2D eigenvalue weighted by atomic mass is 9.97. The Hall–Kier alpha value is -2.99. The molecule has 0 spiro atoms. The van der Waals surface area contributed by atoms with Crippen LogP contribution < -0.4 is 14.9 Å². The number of ether oxygens (including phenoxy) is 2. The molecule has 0 saturated heterocycles. The van der Waals surface area contributed by atoms with Crippen LogP contribution in [-0.4, -0.2) is 31.1 Å². The number of carbonyl (C=O) groups excluding carboxylic acids is 1. The first-order chi connectivity index (χ1) is 15.9. The van der Waals surface area contributed by atoms with Gasteiger partial charge in [-0.3, -0.25) is 9.59 Å². The smallest absolute Gasteiger partial charge is 0.290 e. The largest absolute Gasteiger partial charge is 0.493 e. The molecule has 2 heterocycles. The number of rotatable bonds is 8. The van der Waals surface area contributed by atoms with Crippen LogP contribution in [0.4, 0.5) is 0 Å². The fourth-order valence-electron chi connectivity index (χ4n) is 4.38. The minimum Gasteiger partial charge on any atom is -0.493 e. The third-order valence-corrected chi connectivity index (χ3v) is 6.46. The van der Waals surface area contributed by atoms with Gasteiger partial charge in [0.1, 0.15) is 5.58 Å². The Bertz CT molecular complexity index is 1270. The average Bonchev–Trinajstić information content (AvgIpc) is 3.08. The zero-order valence-electron chi connectivity index (χ0n) is 19.4. The van der Waals surface area contributed by atoms with E-state index >= 15 is 0 Å². The van der Waals surface area contributed by atoms with Crippen molar-refractivity contribution in [2.45, 2.75) is 46.1 Å². The number of amides is 1. The van der Waals surface area contributed by atoms with Crippen LogP contribution in [0.5, 0.6) is 11.5 Å². The molecule has 0 N–H and O–H groups in total. The van der Waals surface area contributed by atoms with E-state index in [-0.39, 0.29) is 17.1 Å². The molecule has 1 atom stereocenters. The molecular formula is C26H28ClNO5. The zero-order chi connectivity index (χ0) is 23.7. The molecule has 0 radical (unpaired) electrons. The molecule has 6 nitrogen and oxygen atoms in total. The number of unbranched alkanes of at least 4 members (excludes halogenated alkanes) is 2. The monoisotopic (exact) mass is 469 g/mol. The molecule has 1 aliphatic rings. The number of aryl methyl sites for hydroxylation is 1. The highest BCUT2D eigenvalue weighted by Crippen LogP contribution is 2.41. The molecule has 1 amide bonds. The van der Waals surface area contributed by atoms with E-state index in [4.69, 9.17) is 25.5 Å². The quantitative estimate of drug-likeness (QED) is 0.384. The lowest BCUT2D eigenvalue weighted by Crippen LogP contribution is -2.30. The number of halogens is 1. The summed E-state index contributed by atoms with van der Waals surface area (Å²) in [6.45, 7) is 6.87. The summed E-state index contributed by atoms with van der Waals surface area (Å²) in [5.74, 6) is 0.986. The van der Waals surface area contributed by atoms with Crippen LogP contribution in [0.1, 0.15) is 66.4 Å². The summed E-state index contributed by atoms with van der Waals surface area (Å²) >= 11 is 6.30. The van der Waals surface area contributed by atoms with Crippen LogP contribution in [0.15, 0.2) is 39.5 Å². The molecule has 33 heavy (non-hydrogen) atoms. The predicted molar refractivity (Wildman–Crippen MR) is 129 cm³/mol. The van der Waals surface area contributed by atoms with Gasteiger partial charge in [-0.25, -0.2) is 0 Å². The Morgan fingerprint density at radius 3 is 2.58 bits per heavy atom. The van der Waals surface area contributed by atoms with Crippen LogP contribution in [0.3, 0.4) is 0 Å². The number of hydrogen-bond donors (Lipinski definition) is 0. The number of fused-ring (bicyclic) bond motifs is 2. The van der Waals surface area contributed by atoms with Gasteiger partial charge < -0.3 is 18.8 Å². The molecule has 174 valence electrons. The van der Waals surface area contributed by atoms with Crippen molar-refractivity contribution in [1.82, 2.24) is 4.90 Å². The van der Waals surface area contributed by atoms with E-state index in [0.717, 1.165) is 30.4 Å². The second kappa shape index (κ2) is 9.48. The van der Waals surface area contributed by atoms with Gasteiger partial charge >= 0.3 is 0 Å². The van der Waals surface area contributed by atoms with Crippen molar-refractivity contribution in [3.05, 3.63) is 68.0 Å². The number of methoxy groups -OCH3 is 1. The molecule has 7 heteroatoms. The topological polar surface area (TPSA) is 69.0 Å². The Labute approximate surface area is 198 Å². The molecule has 1 unspecified atom stereocenters. The number of nitrogens with zero attached hydrogens (tertiary/aromatic N) is 1. The Morgan fingerprint density at radius 1 is 1.09 bits per heavy atom. The minimum atomic E-state index is -0.574. The summed E-state index contributed by atoms with van der Waals surface area (Å²) in [5.41, 5.74) is 2.02. The van der Waals surface area contributed by atoms with Crippen molar-refractivity contribution in [3.63, 3.8) is 0 Å². The zero-order valence-corrected chi connectivity index (χ0v) is 20.1. The third-order valence-electron chi connectivity index (χ3n) is 6.05. The van der Waals surface area contributed by atoms with Gasteiger partial charge in [-0.05, 0) is 55.7 Å². The van der Waals surface area contributed by atoms with Crippen molar-refractivity contribution in [1.29, 1.82) is 0 Å². The van der Waals surface area contributed by atoms with Crippen molar-refractivity contribution in [2.24, 2.45) is 0 Å². The Kier molecular flexibility index (Phi) is 6.66. The molecule has 2 aromatic carbocycles. The molecule has 1 aliphatic heterocycles. The fraction of sp³-hybridized carbons (Fsp3) is 0.385. The third kappa shape index (κ3) is 4.08. The lowest BCUT2D eigenvalue weighted by Gasteiger charge is -2.25. The van der Waals surface area contributed by atoms with E-state index in [1.165, 1.54) is 0 Å². The highest BCUT2D eigenvalue weighted by atomic mass is 35.5. The fourth-order valence-corrected chi connectivity index (χ4v) is 4.54. The van der Waals surface area contributed by atoms with Gasteiger partial charge in [0.15, 0.2) is 16.9 Å². The first-order valence-electron chi connectivity index (χ1n) is 11.3. The SMILES string of the molecule is CCCCCN1C(=O)c2oc3cc(C)c(Cl)cc3c(=O)c2C1c1ccc(OCC)c(OC)c1. The maximum atomic E-state index is 13.7. The molecule has 3 aromatic rings. The number of benzene rings is 2. The van der Waals surface area contributed by atoms with E-state index in [9.17, 15) is 9.59 Å². The first-order valence-corrected chi connectivity index (χ1v) is 11.7. The Balaban J connectivity index is 1.92. The van der Waals surface area contributed by atoms with Crippen molar-refractivity contribution >= 4 is 28.5 Å². The summed E-state index contributed by atoms with van der Waals surface area (Å²) < 4.78 is 17.2. The van der Waals surface area contributed by atoms with E-state index in [2.05, 4.69) is 6.92 Å². The summed E-state index contributed by atoms with van der Waals surface area (Å²) in [5, 5.41) is 0.855. The minimum absolute atomic E-state index is 0.101. The van der Waals surface area contributed by atoms with E-state index < -0.39 is 6.04 Å². The molecule has 0 aliphatic carbocycles. The van der Waals surface area contributed by atoms with Gasteiger partial charge in [-0.2, -0.15) is 0 Å². The summed E-state index contributed by atoms with van der Waals surface area (Å²) in [6.07, 6.45) is 2.84. The van der Waals surface area contributed by atoms with Crippen LogP contribution in [-0.2, 0) is 0 Å². The highest BCUT2D eigenvalue weighted by molar-refractivity contribution is 6.32. The predicted octanol–water partition coefficient (Wildman–Crippen LogP) is 5.90. The molecule has 1 aromatic heterocycles. The maximum absolute atomic E-state index is 13.7. The second-order valence-electron chi connectivity index (χ2n) is 8.22. The van der Waals surface area contributed by atoms with E-state index in [1.54, 1.807) is 24.1 Å². The number of carbonyl (C=O) groups is 1. The van der Waals surface area contributed by atoms with Crippen molar-refractivity contribution in [3.8, 4) is 11.5 Å². The van der Waals surface area contributed by atoms with Crippen LogP contribution in [0.25, 0.3) is 11.0 Å². The van der Waals surface area contributed by atoms with Crippen molar-refractivity contribution < 1.29 is 18.7 Å². The molecule has 0 bridgehead atoms. The second-order valence-corrected chi connectivity index (χ2v) is 8.63. The summed E-state index contributed by atoms with van der Waals surface area (Å²) in [7, 11) is 1.57. The standard InChI is InChI=1S/C26H28ClNO5/c1-5-7-8-11-28-23(16-9-10-19(32-6-2)21(13-16)31-4)22-24(29)17-14-18(27)15(3)12-20(17)33-25(22)26(28)30/h9-10,12-14,23H,5-8,11H2,1-4H3. The molecule has 4 rings (SSSR count). The van der Waals surface area contributed by atoms with Gasteiger partial charge in [-0.1, -0.05) is 37.4 Å². The summed E-state index contributed by atoms with van der Waals surface area (Å²) in [4.78, 5) is 28.8. The van der Waals surface area contributed by atoms with E-state index in [0.29, 0.717) is 46.2 Å². The molecular weight excluding hydrogens is 442 g/mol. The van der Waals surface area contributed by atoms with Gasteiger partial charge in [0.25, 0.3) is 5.91 Å². The van der Waals surface area contributed by atoms with Gasteiger partial charge in [0.05, 0.1) is 30.7 Å². The lowest BCUT2D eigenvalue weighted by molar-refractivity contribution is 0.0724. The van der Waals surface area contributed by atoms with Gasteiger partial charge in [0.2, 0.25) is 5.76 Å². The summed E-state index contributed by atoms with van der Waals surface area (Å²) in [6, 6.07) is 8.28. The highest BCUT2D eigenvalue weighted by Gasteiger charge is 2.42. The van der Waals surface area contributed by atoms with E-state index in [1.807, 2.05) is 32.0 Å². The Morgan fingerprint density at radius 2 is 1.88 bits per heavy atom. The first kappa shape index (κ1) is 23.2. The van der Waals surface area contributed by atoms with Crippen LogP contribution in [0.2, 0.25) is 5.02 Å². The molecule has 0 fully saturated rings. The number of hydrogen-bond acceptors (Lipinski definition) is 5. The molecule has 0 saturated carbocycles. The van der Waals surface area contributed by atoms with Crippen LogP contribution >= 0.6 is 11.6 Å². The normalized spacial score (nSPS) is 15.2. The van der Waals surface area contributed by atoms with Gasteiger partial charge in [-0.15, -0.1) is 0 Å². The van der Waals surface area contributed by atoms with Crippen molar-refractivity contribution in [2.75, 3.05) is 20.3 Å². The maximum Gasteiger partial charge on any atom is 0.290 e. The average molecular weight is 470 g/mol.